The summed E-state index contributed by atoms with van der Waals surface area (Å²) in [5, 5.41) is 0. The van der Waals surface area contributed by atoms with E-state index in [1.165, 1.54) is 6.92 Å². The minimum Gasteiger partial charge on any atom is -0.491 e. The van der Waals surface area contributed by atoms with Crippen LogP contribution in [0.15, 0.2) is 24.3 Å². The molecule has 0 heterocycles. The molecular formula is C13H18O3. The van der Waals surface area contributed by atoms with E-state index in [9.17, 15) is 4.79 Å². The quantitative estimate of drug-likeness (QED) is 0.742. The van der Waals surface area contributed by atoms with Crippen LogP contribution in [0.25, 0.3) is 0 Å². The molecule has 0 aliphatic carbocycles. The topological polar surface area (TPSA) is 35.5 Å². The van der Waals surface area contributed by atoms with Gasteiger partial charge in [-0.2, -0.15) is 0 Å². The van der Waals surface area contributed by atoms with E-state index < -0.39 is 0 Å². The fourth-order valence-corrected chi connectivity index (χ4v) is 1.12. The van der Waals surface area contributed by atoms with E-state index in [1.54, 1.807) is 12.1 Å². The second-order valence-corrected chi connectivity index (χ2v) is 3.80. The minimum absolute atomic E-state index is 0.0138. The van der Waals surface area contributed by atoms with Crippen molar-refractivity contribution in [1.82, 2.24) is 0 Å². The Kier molecular flexibility index (Phi) is 4.83. The summed E-state index contributed by atoms with van der Waals surface area (Å²) in [5.74, 6) is 1.52. The van der Waals surface area contributed by atoms with Crippen LogP contribution in [0.3, 0.4) is 0 Å². The number of benzene rings is 1. The fraction of sp³-hybridized carbons (Fsp3) is 0.462. The molecule has 0 spiro atoms. The van der Waals surface area contributed by atoms with E-state index in [-0.39, 0.29) is 18.5 Å². The average Bonchev–Trinajstić information content (AvgIpc) is 2.28. The normalized spacial score (nSPS) is 11.9. The van der Waals surface area contributed by atoms with Crippen molar-refractivity contribution in [2.45, 2.75) is 33.3 Å². The molecule has 0 amide bonds. The zero-order valence-corrected chi connectivity index (χ0v) is 10.0. The van der Waals surface area contributed by atoms with Crippen LogP contribution in [0.2, 0.25) is 0 Å². The van der Waals surface area contributed by atoms with Crippen molar-refractivity contribution < 1.29 is 14.3 Å². The Labute approximate surface area is 96.4 Å². The van der Waals surface area contributed by atoms with Gasteiger partial charge < -0.3 is 9.47 Å². The molecule has 0 saturated carbocycles. The lowest BCUT2D eigenvalue weighted by molar-refractivity contribution is -0.118. The zero-order chi connectivity index (χ0) is 12.0. The van der Waals surface area contributed by atoms with Crippen LogP contribution in [-0.2, 0) is 4.79 Å². The molecule has 0 saturated heterocycles. The van der Waals surface area contributed by atoms with Gasteiger partial charge in [0.2, 0.25) is 0 Å². The summed E-state index contributed by atoms with van der Waals surface area (Å²) in [4.78, 5) is 10.7. The number of hydrogen-bond donors (Lipinski definition) is 0. The van der Waals surface area contributed by atoms with Gasteiger partial charge in [0.25, 0.3) is 0 Å². The molecule has 1 aromatic rings. The largest absolute Gasteiger partial charge is 0.491 e. The van der Waals surface area contributed by atoms with Crippen LogP contribution in [0, 0.1) is 0 Å². The lowest BCUT2D eigenvalue weighted by Crippen LogP contribution is -2.09. The Balaban J connectivity index is 2.50. The molecule has 1 atom stereocenters. The Morgan fingerprint density at radius 3 is 2.31 bits per heavy atom. The first kappa shape index (κ1) is 12.6. The van der Waals surface area contributed by atoms with Gasteiger partial charge in [0.15, 0.2) is 5.78 Å². The molecule has 1 aromatic carbocycles. The summed E-state index contributed by atoms with van der Waals surface area (Å²) in [6.07, 6.45) is 1.19. The highest BCUT2D eigenvalue weighted by atomic mass is 16.5. The van der Waals surface area contributed by atoms with Crippen LogP contribution in [-0.4, -0.2) is 18.5 Å². The number of ketones is 1. The molecule has 0 aliphatic rings. The summed E-state index contributed by atoms with van der Waals surface area (Å²) in [6.45, 7) is 5.72. The maximum Gasteiger partial charge on any atom is 0.167 e. The van der Waals surface area contributed by atoms with E-state index in [0.717, 1.165) is 12.2 Å². The fourth-order valence-electron chi connectivity index (χ4n) is 1.12. The van der Waals surface area contributed by atoms with Gasteiger partial charge in [0.05, 0.1) is 6.10 Å². The molecule has 3 nitrogen and oxygen atoms in total. The van der Waals surface area contributed by atoms with Crippen molar-refractivity contribution in [2.24, 2.45) is 0 Å². The molecule has 0 radical (unpaired) electrons. The van der Waals surface area contributed by atoms with Gasteiger partial charge in [-0.1, -0.05) is 6.92 Å². The minimum atomic E-state index is 0.0138. The summed E-state index contributed by atoms with van der Waals surface area (Å²) in [7, 11) is 0. The van der Waals surface area contributed by atoms with Gasteiger partial charge in [-0.3, -0.25) is 4.79 Å². The zero-order valence-electron chi connectivity index (χ0n) is 10.0. The highest BCUT2D eigenvalue weighted by Gasteiger charge is 2.01. The number of Topliss-reactive ketones (excluding diaryl/α,β-unsaturated/α-hetero) is 1. The Morgan fingerprint density at radius 2 is 1.81 bits per heavy atom. The summed E-state index contributed by atoms with van der Waals surface area (Å²) in [5.41, 5.74) is 0. The van der Waals surface area contributed by atoms with Crippen molar-refractivity contribution in [1.29, 1.82) is 0 Å². The molecule has 1 rings (SSSR count). The van der Waals surface area contributed by atoms with Crippen molar-refractivity contribution in [3.63, 3.8) is 0 Å². The van der Waals surface area contributed by atoms with E-state index in [2.05, 4.69) is 6.92 Å². The Bertz CT molecular complexity index is 330. The molecule has 3 heteroatoms. The SMILES string of the molecule is CCC(C)Oc1ccc(OCC(C)=O)cc1. The van der Waals surface area contributed by atoms with Crippen molar-refractivity contribution in [3.05, 3.63) is 24.3 Å². The molecule has 0 N–H and O–H groups in total. The van der Waals surface area contributed by atoms with Crippen LogP contribution in [0.4, 0.5) is 0 Å². The van der Waals surface area contributed by atoms with Crippen molar-refractivity contribution in [3.8, 4) is 11.5 Å². The third-order valence-corrected chi connectivity index (χ3v) is 2.18. The van der Waals surface area contributed by atoms with Gasteiger partial charge in [0.1, 0.15) is 18.1 Å². The third-order valence-electron chi connectivity index (χ3n) is 2.18. The number of carbonyl (C=O) groups is 1. The first-order valence-corrected chi connectivity index (χ1v) is 5.50. The highest BCUT2D eigenvalue weighted by molar-refractivity contribution is 5.77. The number of hydrogen-bond acceptors (Lipinski definition) is 3. The average molecular weight is 222 g/mol. The van der Waals surface area contributed by atoms with Gasteiger partial charge in [-0.15, -0.1) is 0 Å². The first-order valence-electron chi connectivity index (χ1n) is 5.50. The number of carbonyl (C=O) groups excluding carboxylic acids is 1. The molecule has 0 aliphatic heterocycles. The lowest BCUT2D eigenvalue weighted by atomic mass is 10.3. The summed E-state index contributed by atoms with van der Waals surface area (Å²) >= 11 is 0. The van der Waals surface area contributed by atoms with E-state index in [0.29, 0.717) is 5.75 Å². The predicted octanol–water partition coefficient (Wildman–Crippen LogP) is 2.83. The lowest BCUT2D eigenvalue weighted by Gasteiger charge is -2.12. The van der Waals surface area contributed by atoms with Gasteiger partial charge in [0, 0.05) is 0 Å². The molecule has 16 heavy (non-hydrogen) atoms. The monoisotopic (exact) mass is 222 g/mol. The smallest absolute Gasteiger partial charge is 0.167 e. The summed E-state index contributed by atoms with van der Waals surface area (Å²) in [6, 6.07) is 7.31. The number of ether oxygens (including phenoxy) is 2. The van der Waals surface area contributed by atoms with Crippen LogP contribution >= 0.6 is 0 Å². The summed E-state index contributed by atoms with van der Waals surface area (Å²) < 4.78 is 10.9. The van der Waals surface area contributed by atoms with Crippen LogP contribution < -0.4 is 9.47 Å². The predicted molar refractivity (Wildman–Crippen MR) is 63.0 cm³/mol. The molecular weight excluding hydrogens is 204 g/mol. The molecule has 0 bridgehead atoms. The van der Waals surface area contributed by atoms with Gasteiger partial charge >= 0.3 is 0 Å². The van der Waals surface area contributed by atoms with Crippen molar-refractivity contribution in [2.75, 3.05) is 6.61 Å². The molecule has 88 valence electrons. The standard InChI is InChI=1S/C13H18O3/c1-4-11(3)16-13-7-5-12(6-8-13)15-9-10(2)14/h5-8,11H,4,9H2,1-3H3. The van der Waals surface area contributed by atoms with Crippen LogP contribution in [0.5, 0.6) is 11.5 Å². The second-order valence-electron chi connectivity index (χ2n) is 3.80. The molecule has 0 fully saturated rings. The van der Waals surface area contributed by atoms with Gasteiger partial charge in [-0.05, 0) is 44.5 Å². The first-order chi connectivity index (χ1) is 7.61. The van der Waals surface area contributed by atoms with Crippen molar-refractivity contribution >= 4 is 5.78 Å². The maximum atomic E-state index is 10.7. The van der Waals surface area contributed by atoms with Crippen LogP contribution in [0.1, 0.15) is 27.2 Å². The van der Waals surface area contributed by atoms with Gasteiger partial charge in [-0.25, -0.2) is 0 Å². The second kappa shape index (κ2) is 6.16. The van der Waals surface area contributed by atoms with E-state index >= 15 is 0 Å². The van der Waals surface area contributed by atoms with E-state index in [4.69, 9.17) is 9.47 Å². The highest BCUT2D eigenvalue weighted by Crippen LogP contribution is 2.19. The third kappa shape index (κ3) is 4.34. The molecule has 0 aromatic heterocycles. The maximum absolute atomic E-state index is 10.7. The van der Waals surface area contributed by atoms with E-state index in [1.807, 2.05) is 19.1 Å². The Morgan fingerprint density at radius 1 is 1.25 bits per heavy atom. The Hall–Kier alpha value is -1.51. The molecule has 1 unspecified atom stereocenters. The number of rotatable bonds is 6.